The van der Waals surface area contributed by atoms with E-state index in [1.165, 1.54) is 0 Å². The number of nitrogens with one attached hydrogen (secondary N) is 1. The number of benzene rings is 2. The minimum Gasteiger partial charge on any atom is -0.497 e. The average molecular weight is 411 g/mol. The summed E-state index contributed by atoms with van der Waals surface area (Å²) >= 11 is 5.55. The monoisotopic (exact) mass is 411 g/mol. The van der Waals surface area contributed by atoms with Crippen molar-refractivity contribution < 1.29 is 4.74 Å². The number of rotatable bonds is 4. The molecule has 3 aromatic heterocycles. The van der Waals surface area contributed by atoms with Gasteiger partial charge in [-0.2, -0.15) is 5.10 Å². The summed E-state index contributed by atoms with van der Waals surface area (Å²) in [5.41, 5.74) is 4.21. The fourth-order valence-electron chi connectivity index (χ4n) is 3.44. The maximum absolute atomic E-state index is 5.55. The van der Waals surface area contributed by atoms with Gasteiger partial charge in [-0.25, -0.2) is 9.97 Å². The van der Waals surface area contributed by atoms with Crippen molar-refractivity contribution in [3.8, 4) is 34.1 Å². The molecule has 146 valence electrons. The fraction of sp³-hybridized carbons (Fsp3) is 0.0435. The van der Waals surface area contributed by atoms with Crippen molar-refractivity contribution in [1.29, 1.82) is 0 Å². The molecule has 1 N–H and O–H groups in total. The number of H-pyrrole nitrogens is 1. The van der Waals surface area contributed by atoms with Crippen molar-refractivity contribution in [3.63, 3.8) is 0 Å². The number of pyridine rings is 2. The van der Waals surface area contributed by atoms with Crippen molar-refractivity contribution in [3.05, 3.63) is 83.8 Å². The predicted molar refractivity (Wildman–Crippen MR) is 119 cm³/mol. The highest BCUT2D eigenvalue weighted by molar-refractivity contribution is 7.71. The Kier molecular flexibility index (Phi) is 4.57. The molecule has 0 atom stereocenters. The van der Waals surface area contributed by atoms with Gasteiger partial charge in [0.05, 0.1) is 18.5 Å². The molecule has 0 unspecified atom stereocenters. The van der Waals surface area contributed by atoms with Crippen LogP contribution in [0.25, 0.3) is 39.4 Å². The molecule has 0 amide bonds. The normalized spacial score (nSPS) is 11.0. The third-order valence-corrected chi connectivity index (χ3v) is 5.15. The second-order valence-corrected chi connectivity index (χ2v) is 7.07. The van der Waals surface area contributed by atoms with Gasteiger partial charge in [0, 0.05) is 22.7 Å². The highest BCUT2D eigenvalue weighted by Crippen LogP contribution is 2.33. The van der Waals surface area contributed by atoms with E-state index < -0.39 is 0 Å². The van der Waals surface area contributed by atoms with Gasteiger partial charge in [-0.05, 0) is 54.7 Å². The van der Waals surface area contributed by atoms with Crippen LogP contribution in [0.4, 0.5) is 0 Å². The van der Waals surface area contributed by atoms with E-state index in [4.69, 9.17) is 21.9 Å². The molecule has 2 aromatic carbocycles. The van der Waals surface area contributed by atoms with Crippen LogP contribution in [0.15, 0.2) is 79.0 Å². The second-order valence-electron chi connectivity index (χ2n) is 6.69. The summed E-state index contributed by atoms with van der Waals surface area (Å²) in [6.07, 6.45) is 1.75. The van der Waals surface area contributed by atoms with Gasteiger partial charge in [0.25, 0.3) is 0 Å². The molecule has 7 heteroatoms. The number of ether oxygens (including phenoxy) is 1. The lowest BCUT2D eigenvalue weighted by Gasteiger charge is -2.12. The lowest BCUT2D eigenvalue weighted by atomic mass is 10.0. The zero-order valence-corrected chi connectivity index (χ0v) is 16.9. The van der Waals surface area contributed by atoms with Crippen molar-refractivity contribution in [1.82, 2.24) is 24.7 Å². The van der Waals surface area contributed by atoms with Gasteiger partial charge in [-0.3, -0.25) is 9.67 Å². The largest absolute Gasteiger partial charge is 0.497 e. The Morgan fingerprint density at radius 3 is 2.53 bits per heavy atom. The van der Waals surface area contributed by atoms with Crippen molar-refractivity contribution >= 4 is 23.3 Å². The van der Waals surface area contributed by atoms with E-state index in [1.54, 1.807) is 13.3 Å². The van der Waals surface area contributed by atoms with Gasteiger partial charge in [-0.15, -0.1) is 0 Å². The van der Waals surface area contributed by atoms with Gasteiger partial charge in [0.2, 0.25) is 0 Å². The first kappa shape index (κ1) is 18.2. The molecule has 0 saturated heterocycles. The van der Waals surface area contributed by atoms with Crippen molar-refractivity contribution in [2.75, 3.05) is 7.11 Å². The molecule has 6 nitrogen and oxygen atoms in total. The van der Waals surface area contributed by atoms with Crippen LogP contribution in [0.2, 0.25) is 0 Å². The number of methoxy groups -OCH3 is 1. The molecule has 0 aliphatic rings. The van der Waals surface area contributed by atoms with Crippen LogP contribution in [0.1, 0.15) is 0 Å². The molecule has 0 saturated carbocycles. The highest BCUT2D eigenvalue weighted by Gasteiger charge is 2.18. The predicted octanol–water partition coefficient (Wildman–Crippen LogP) is 5.22. The number of aromatic amines is 1. The van der Waals surface area contributed by atoms with E-state index in [1.807, 2.05) is 71.3 Å². The number of fused-ring (bicyclic) bond motifs is 1. The van der Waals surface area contributed by atoms with E-state index in [-0.39, 0.29) is 0 Å². The minimum atomic E-state index is 0.500. The minimum absolute atomic E-state index is 0.500. The molecule has 0 radical (unpaired) electrons. The molecule has 0 aliphatic heterocycles. The topological polar surface area (TPSA) is 68.6 Å². The van der Waals surface area contributed by atoms with Crippen LogP contribution >= 0.6 is 12.2 Å². The van der Waals surface area contributed by atoms with E-state index in [0.717, 1.165) is 33.6 Å². The third kappa shape index (κ3) is 3.15. The Morgan fingerprint density at radius 1 is 0.967 bits per heavy atom. The Hall–Kier alpha value is -3.84. The third-order valence-electron chi connectivity index (χ3n) is 4.88. The van der Waals surface area contributed by atoms with Gasteiger partial charge >= 0.3 is 0 Å². The molecule has 30 heavy (non-hydrogen) atoms. The Bertz CT molecular complexity index is 1390. The van der Waals surface area contributed by atoms with Gasteiger partial charge in [0.15, 0.2) is 16.2 Å². The van der Waals surface area contributed by atoms with Gasteiger partial charge in [-0.1, -0.05) is 30.3 Å². The number of hydrogen-bond acceptors (Lipinski definition) is 5. The lowest BCUT2D eigenvalue weighted by molar-refractivity contribution is 0.414. The van der Waals surface area contributed by atoms with Crippen LogP contribution in [0, 0.1) is 4.77 Å². The molecular weight excluding hydrogens is 394 g/mol. The van der Waals surface area contributed by atoms with Crippen LogP contribution < -0.4 is 4.74 Å². The number of hydrogen-bond donors (Lipinski definition) is 1. The van der Waals surface area contributed by atoms with Gasteiger partial charge in [0.1, 0.15) is 5.75 Å². The van der Waals surface area contributed by atoms with Crippen LogP contribution in [0.3, 0.4) is 0 Å². The van der Waals surface area contributed by atoms with Crippen molar-refractivity contribution in [2.45, 2.75) is 0 Å². The quantitative estimate of drug-likeness (QED) is 0.411. The summed E-state index contributed by atoms with van der Waals surface area (Å²) < 4.78 is 7.68. The summed E-state index contributed by atoms with van der Waals surface area (Å²) in [7, 11) is 1.64. The molecular formula is C23H17N5OS. The summed E-state index contributed by atoms with van der Waals surface area (Å²) in [4.78, 5) is 9.29. The summed E-state index contributed by atoms with van der Waals surface area (Å²) in [5, 5.41) is 8.42. The van der Waals surface area contributed by atoms with Crippen LogP contribution in [-0.4, -0.2) is 31.8 Å². The van der Waals surface area contributed by atoms with E-state index >= 15 is 0 Å². The molecule has 0 spiro atoms. The van der Waals surface area contributed by atoms with E-state index in [0.29, 0.717) is 16.2 Å². The van der Waals surface area contributed by atoms with Crippen LogP contribution in [-0.2, 0) is 0 Å². The summed E-state index contributed by atoms with van der Waals surface area (Å²) in [6, 6.07) is 23.7. The maximum Gasteiger partial charge on any atom is 0.200 e. The number of aromatic nitrogens is 5. The standard InChI is InChI=1S/C23H17N5OS/c1-29-18-11-9-17(10-12-18)28-22(26-27-23(28)30)19-14-16-8-5-13-24-21(16)25-20(19)15-6-3-2-4-7-15/h2-14H,1H3,(H,27,30). The zero-order valence-electron chi connectivity index (χ0n) is 16.1. The molecule has 5 aromatic rings. The zero-order chi connectivity index (χ0) is 20.5. The Labute approximate surface area is 177 Å². The fourth-order valence-corrected chi connectivity index (χ4v) is 3.68. The molecule has 3 heterocycles. The SMILES string of the molecule is COc1ccc(-n2c(-c3cc4cccnc4nc3-c3ccccc3)n[nH]c2=S)cc1. The summed E-state index contributed by atoms with van der Waals surface area (Å²) in [5.74, 6) is 1.46. The second kappa shape index (κ2) is 7.53. The summed E-state index contributed by atoms with van der Waals surface area (Å²) in [6.45, 7) is 0. The van der Waals surface area contributed by atoms with Gasteiger partial charge < -0.3 is 4.74 Å². The molecule has 0 aliphatic carbocycles. The first-order chi connectivity index (χ1) is 14.7. The van der Waals surface area contributed by atoms with Crippen LogP contribution in [0.5, 0.6) is 5.75 Å². The molecule has 5 rings (SSSR count). The maximum atomic E-state index is 5.55. The van der Waals surface area contributed by atoms with E-state index in [9.17, 15) is 0 Å². The first-order valence-corrected chi connectivity index (χ1v) is 9.79. The lowest BCUT2D eigenvalue weighted by Crippen LogP contribution is -2.01. The first-order valence-electron chi connectivity index (χ1n) is 9.38. The Morgan fingerprint density at radius 2 is 1.77 bits per heavy atom. The average Bonchev–Trinajstić information content (AvgIpc) is 3.20. The Balaban J connectivity index is 1.79. The van der Waals surface area contributed by atoms with E-state index in [2.05, 4.69) is 21.2 Å². The molecule has 0 fully saturated rings. The highest BCUT2D eigenvalue weighted by atomic mass is 32.1. The molecule has 0 bridgehead atoms. The number of nitrogens with zero attached hydrogens (tertiary/aromatic N) is 4. The van der Waals surface area contributed by atoms with Crippen molar-refractivity contribution in [2.24, 2.45) is 0 Å². The smallest absolute Gasteiger partial charge is 0.200 e.